The van der Waals surface area contributed by atoms with Crippen LogP contribution in [0.3, 0.4) is 0 Å². The Morgan fingerprint density at radius 3 is 2.54 bits per heavy atom. The molecule has 3 atom stereocenters. The number of hydrogen-bond acceptors (Lipinski definition) is 7. The molecule has 1 aliphatic carbocycles. The van der Waals surface area contributed by atoms with E-state index < -0.39 is 29.4 Å². The summed E-state index contributed by atoms with van der Waals surface area (Å²) >= 11 is 0. The minimum atomic E-state index is -1.61. The van der Waals surface area contributed by atoms with Crippen molar-refractivity contribution < 1.29 is 33.7 Å². The van der Waals surface area contributed by atoms with Crippen LogP contribution in [0.4, 0.5) is 0 Å². The van der Waals surface area contributed by atoms with Gasteiger partial charge in [0.2, 0.25) is 0 Å². The van der Waals surface area contributed by atoms with Gasteiger partial charge in [0.25, 0.3) is 0 Å². The summed E-state index contributed by atoms with van der Waals surface area (Å²) in [5.74, 6) is -3.58. The molecule has 0 spiro atoms. The van der Waals surface area contributed by atoms with Gasteiger partial charge >= 0.3 is 11.9 Å². The van der Waals surface area contributed by atoms with Gasteiger partial charge in [0, 0.05) is 6.42 Å². The maximum atomic E-state index is 12.5. The Labute approximate surface area is 139 Å². The fourth-order valence-corrected chi connectivity index (χ4v) is 3.10. The minimum Gasteiger partial charge on any atom is -0.512 e. The Bertz CT molecular complexity index is 627. The molecule has 1 aromatic rings. The third-order valence-electron chi connectivity index (χ3n) is 4.04. The second-order valence-electron chi connectivity index (χ2n) is 5.84. The molecule has 7 heteroatoms. The first-order valence-electron chi connectivity index (χ1n) is 7.85. The summed E-state index contributed by atoms with van der Waals surface area (Å²) in [6, 6.07) is 3.17. The van der Waals surface area contributed by atoms with Crippen LogP contribution in [0.2, 0.25) is 0 Å². The van der Waals surface area contributed by atoms with Crippen molar-refractivity contribution in [2.24, 2.45) is 5.92 Å². The monoisotopic (exact) mass is 338 g/mol. The van der Waals surface area contributed by atoms with Crippen LogP contribution in [-0.4, -0.2) is 41.0 Å². The lowest BCUT2D eigenvalue weighted by Crippen LogP contribution is -2.49. The molecular formula is C17H22O7. The zero-order valence-electron chi connectivity index (χ0n) is 13.9. The highest BCUT2D eigenvalue weighted by atomic mass is 16.5. The average molecular weight is 338 g/mol. The molecule has 7 nitrogen and oxygen atoms in total. The zero-order chi connectivity index (χ0) is 17.9. The maximum Gasteiger partial charge on any atom is 0.338 e. The Morgan fingerprint density at radius 2 is 2.00 bits per heavy atom. The number of carbonyl (C=O) groups is 2. The Kier molecular flexibility index (Phi) is 5.33. The summed E-state index contributed by atoms with van der Waals surface area (Å²) in [4.78, 5) is 24.8. The molecule has 0 aliphatic heterocycles. The summed E-state index contributed by atoms with van der Waals surface area (Å²) in [6.07, 6.45) is 1.13. The van der Waals surface area contributed by atoms with E-state index in [2.05, 4.69) is 0 Å². The van der Waals surface area contributed by atoms with Crippen molar-refractivity contribution in [2.45, 2.75) is 38.7 Å². The van der Waals surface area contributed by atoms with Crippen molar-refractivity contribution >= 4 is 11.9 Å². The van der Waals surface area contributed by atoms with Crippen molar-refractivity contribution in [3.05, 3.63) is 35.5 Å². The zero-order valence-corrected chi connectivity index (χ0v) is 13.9. The number of hydrogen-bond donors (Lipinski definition) is 2. The Morgan fingerprint density at radius 1 is 1.33 bits per heavy atom. The summed E-state index contributed by atoms with van der Waals surface area (Å²) in [5, 5.41) is 21.0. The quantitative estimate of drug-likeness (QED) is 0.792. The first-order chi connectivity index (χ1) is 11.3. The van der Waals surface area contributed by atoms with Gasteiger partial charge in [-0.25, -0.2) is 4.79 Å². The van der Waals surface area contributed by atoms with Gasteiger partial charge in [-0.05, 0) is 32.9 Å². The number of aliphatic hydroxyl groups excluding tert-OH is 1. The minimum absolute atomic E-state index is 0.0867. The molecule has 0 bridgehead atoms. The van der Waals surface area contributed by atoms with E-state index >= 15 is 0 Å². The van der Waals surface area contributed by atoms with Crippen LogP contribution in [-0.2, 0) is 19.1 Å². The van der Waals surface area contributed by atoms with E-state index in [1.807, 2.05) is 0 Å². The van der Waals surface area contributed by atoms with Gasteiger partial charge in [-0.3, -0.25) is 4.79 Å². The lowest BCUT2D eigenvalue weighted by molar-refractivity contribution is -0.161. The van der Waals surface area contributed by atoms with E-state index in [4.69, 9.17) is 13.9 Å². The molecule has 0 amide bonds. The van der Waals surface area contributed by atoms with E-state index in [1.54, 1.807) is 26.0 Å². The Hall–Kier alpha value is -2.28. The van der Waals surface area contributed by atoms with E-state index in [9.17, 15) is 19.8 Å². The second kappa shape index (κ2) is 7.09. The smallest absolute Gasteiger partial charge is 0.338 e. The fraction of sp³-hybridized carbons (Fsp3) is 0.529. The highest BCUT2D eigenvalue weighted by molar-refractivity contribution is 5.93. The number of furan rings is 1. The standard InChI is InChI=1S/C17H22O7/c1-4-22-15(19)12-10(18)9-17(3,21)14(16(20)23-5-2)13(12)11-7-6-8-24-11/h6-8,13-14,18,21H,4-5,9H2,1-3H3/t13-,14-,17-/m0/s1. The van der Waals surface area contributed by atoms with E-state index in [0.29, 0.717) is 0 Å². The SMILES string of the molecule is CCOC(=O)C1=C(O)C[C@](C)(O)[C@H](C(=O)OCC)[C@H]1c1ccco1. The van der Waals surface area contributed by atoms with Crippen molar-refractivity contribution in [1.82, 2.24) is 0 Å². The van der Waals surface area contributed by atoms with Gasteiger partial charge in [0.05, 0.1) is 36.6 Å². The number of carbonyl (C=O) groups excluding carboxylic acids is 2. The predicted octanol–water partition coefficient (Wildman–Crippen LogP) is 2.07. The van der Waals surface area contributed by atoms with E-state index in [1.165, 1.54) is 13.2 Å². The van der Waals surface area contributed by atoms with Crippen molar-refractivity contribution in [3.63, 3.8) is 0 Å². The van der Waals surface area contributed by atoms with Gasteiger partial charge < -0.3 is 24.1 Å². The van der Waals surface area contributed by atoms with Gasteiger partial charge in [-0.1, -0.05) is 0 Å². The molecule has 0 fully saturated rings. The van der Waals surface area contributed by atoms with Gasteiger partial charge in [-0.15, -0.1) is 0 Å². The first-order valence-corrected chi connectivity index (χ1v) is 7.85. The normalized spacial score (nSPS) is 27.0. The molecule has 1 aliphatic rings. The topological polar surface area (TPSA) is 106 Å². The summed E-state index contributed by atoms with van der Waals surface area (Å²) < 4.78 is 15.4. The lowest BCUT2D eigenvalue weighted by Gasteiger charge is -2.40. The van der Waals surface area contributed by atoms with Crippen molar-refractivity contribution in [1.29, 1.82) is 0 Å². The third-order valence-corrected chi connectivity index (χ3v) is 4.04. The van der Waals surface area contributed by atoms with Crippen molar-refractivity contribution in [2.75, 3.05) is 13.2 Å². The van der Waals surface area contributed by atoms with Crippen LogP contribution in [0, 0.1) is 5.92 Å². The van der Waals surface area contributed by atoms with Crippen LogP contribution >= 0.6 is 0 Å². The summed E-state index contributed by atoms with van der Waals surface area (Å²) in [5.41, 5.74) is -1.69. The molecule has 0 saturated heterocycles. The average Bonchev–Trinajstić information content (AvgIpc) is 2.99. The molecule has 2 N–H and O–H groups in total. The number of esters is 2. The third kappa shape index (κ3) is 3.31. The molecule has 1 aromatic heterocycles. The maximum absolute atomic E-state index is 12.5. The molecule has 0 aromatic carbocycles. The molecular weight excluding hydrogens is 316 g/mol. The lowest BCUT2D eigenvalue weighted by atomic mass is 9.68. The van der Waals surface area contributed by atoms with Gasteiger partial charge in [-0.2, -0.15) is 0 Å². The number of aliphatic hydroxyl groups is 2. The molecule has 2 rings (SSSR count). The highest BCUT2D eigenvalue weighted by Crippen LogP contribution is 2.47. The first kappa shape index (κ1) is 18.1. The van der Waals surface area contributed by atoms with Gasteiger partial charge in [0.15, 0.2) is 0 Å². The van der Waals surface area contributed by atoms with Crippen LogP contribution in [0.5, 0.6) is 0 Å². The molecule has 132 valence electrons. The number of rotatable bonds is 5. The number of ether oxygens (including phenoxy) is 2. The van der Waals surface area contributed by atoms with Crippen LogP contribution < -0.4 is 0 Å². The van der Waals surface area contributed by atoms with Crippen LogP contribution in [0.15, 0.2) is 34.1 Å². The van der Waals surface area contributed by atoms with E-state index in [-0.39, 0.29) is 36.7 Å². The molecule has 0 radical (unpaired) electrons. The van der Waals surface area contributed by atoms with Gasteiger partial charge in [0.1, 0.15) is 17.4 Å². The second-order valence-corrected chi connectivity index (χ2v) is 5.84. The Balaban J connectivity index is 2.59. The molecule has 24 heavy (non-hydrogen) atoms. The highest BCUT2D eigenvalue weighted by Gasteiger charge is 2.53. The molecule has 1 heterocycles. The largest absolute Gasteiger partial charge is 0.512 e. The van der Waals surface area contributed by atoms with Crippen LogP contribution in [0.1, 0.15) is 38.9 Å². The predicted molar refractivity (Wildman–Crippen MR) is 83.1 cm³/mol. The van der Waals surface area contributed by atoms with Crippen LogP contribution in [0.25, 0.3) is 0 Å². The summed E-state index contributed by atoms with van der Waals surface area (Å²) in [7, 11) is 0. The fourth-order valence-electron chi connectivity index (χ4n) is 3.10. The van der Waals surface area contributed by atoms with E-state index in [0.717, 1.165) is 0 Å². The van der Waals surface area contributed by atoms with Crippen molar-refractivity contribution in [3.8, 4) is 0 Å². The molecule has 0 saturated carbocycles. The summed E-state index contributed by atoms with van der Waals surface area (Å²) in [6.45, 7) is 4.94. The molecule has 0 unspecified atom stereocenters.